The molecule has 2 aromatic rings. The fraction of sp³-hybridized carbons (Fsp3) is 0.364. The van der Waals surface area contributed by atoms with Crippen molar-refractivity contribution in [2.45, 2.75) is 25.4 Å². The maximum Gasteiger partial charge on any atom is 0.254 e. The summed E-state index contributed by atoms with van der Waals surface area (Å²) in [4.78, 5) is 45.8. The Morgan fingerprint density at radius 1 is 1.07 bits per heavy atom. The summed E-state index contributed by atoms with van der Waals surface area (Å²) in [6, 6.07) is 10.1. The number of hydrogen-bond donors (Lipinski definition) is 2. The molecule has 2 aliphatic heterocycles. The number of nitrogens with zero attached hydrogens (tertiary/aromatic N) is 3. The molecule has 0 spiro atoms. The molecule has 30 heavy (non-hydrogen) atoms. The van der Waals surface area contributed by atoms with Crippen LogP contribution < -0.4 is 10.6 Å². The van der Waals surface area contributed by atoms with Crippen molar-refractivity contribution in [2.24, 2.45) is 0 Å². The van der Waals surface area contributed by atoms with E-state index in [2.05, 4.69) is 26.6 Å². The topological polar surface area (TPSA) is 94.6 Å². The number of rotatable bonds is 5. The summed E-state index contributed by atoms with van der Waals surface area (Å²) in [7, 11) is 0. The number of fused-ring (bicyclic) bond motifs is 1. The van der Waals surface area contributed by atoms with E-state index >= 15 is 0 Å². The zero-order chi connectivity index (χ0) is 20.9. The van der Waals surface area contributed by atoms with Crippen LogP contribution in [0.1, 0.15) is 28.8 Å². The van der Waals surface area contributed by atoms with Gasteiger partial charge in [-0.2, -0.15) is 0 Å². The van der Waals surface area contributed by atoms with Gasteiger partial charge in [-0.25, -0.2) is 0 Å². The second-order valence-electron chi connectivity index (χ2n) is 7.62. The van der Waals surface area contributed by atoms with Gasteiger partial charge in [0.05, 0.1) is 11.3 Å². The van der Waals surface area contributed by atoms with E-state index in [9.17, 15) is 14.4 Å². The molecular weight excluding hydrogens is 382 g/mol. The third-order valence-electron chi connectivity index (χ3n) is 5.55. The third kappa shape index (κ3) is 4.65. The maximum atomic E-state index is 12.7. The first-order valence-corrected chi connectivity index (χ1v) is 10.2. The molecule has 1 saturated heterocycles. The van der Waals surface area contributed by atoms with E-state index in [0.29, 0.717) is 24.3 Å². The highest BCUT2D eigenvalue weighted by atomic mass is 16.2. The van der Waals surface area contributed by atoms with Gasteiger partial charge in [0.25, 0.3) is 5.91 Å². The Morgan fingerprint density at radius 3 is 2.63 bits per heavy atom. The molecule has 8 heteroatoms. The fourth-order valence-electron chi connectivity index (χ4n) is 3.85. The number of nitrogens with one attached hydrogen (secondary N) is 2. The predicted molar refractivity (Wildman–Crippen MR) is 112 cm³/mol. The number of para-hydroxylation sites is 1. The second-order valence-corrected chi connectivity index (χ2v) is 7.62. The minimum atomic E-state index is -0.722. The van der Waals surface area contributed by atoms with Crippen LogP contribution in [0.25, 0.3) is 0 Å². The first-order chi connectivity index (χ1) is 14.6. The summed E-state index contributed by atoms with van der Waals surface area (Å²) in [6.07, 6.45) is 4.12. The molecule has 0 bridgehead atoms. The molecule has 2 N–H and O–H groups in total. The Morgan fingerprint density at radius 2 is 1.87 bits per heavy atom. The summed E-state index contributed by atoms with van der Waals surface area (Å²) in [6.45, 7) is 3.75. The van der Waals surface area contributed by atoms with E-state index in [1.54, 1.807) is 30.5 Å². The molecule has 4 rings (SSSR count). The van der Waals surface area contributed by atoms with Gasteiger partial charge < -0.3 is 15.5 Å². The van der Waals surface area contributed by atoms with E-state index in [0.717, 1.165) is 25.2 Å². The smallest absolute Gasteiger partial charge is 0.254 e. The number of piperazine rings is 1. The van der Waals surface area contributed by atoms with Crippen molar-refractivity contribution >= 4 is 23.4 Å². The lowest BCUT2D eigenvalue weighted by atomic mass is 10.1. The van der Waals surface area contributed by atoms with Crippen LogP contribution in [-0.2, 0) is 16.1 Å². The molecule has 1 fully saturated rings. The molecule has 1 unspecified atom stereocenters. The summed E-state index contributed by atoms with van der Waals surface area (Å²) < 4.78 is 0. The highest BCUT2D eigenvalue weighted by Crippen LogP contribution is 2.19. The molecule has 1 atom stereocenters. The average Bonchev–Trinajstić information content (AvgIpc) is 2.89. The van der Waals surface area contributed by atoms with Gasteiger partial charge in [-0.1, -0.05) is 18.2 Å². The van der Waals surface area contributed by atoms with Crippen LogP contribution in [-0.4, -0.2) is 64.7 Å². The minimum Gasteiger partial charge on any atom is -0.340 e. The van der Waals surface area contributed by atoms with Crippen LogP contribution in [0.15, 0.2) is 48.8 Å². The second kappa shape index (κ2) is 9.04. The number of aromatic nitrogens is 1. The van der Waals surface area contributed by atoms with Gasteiger partial charge in [-0.15, -0.1) is 0 Å². The predicted octanol–water partition coefficient (Wildman–Crippen LogP) is 1.26. The Labute approximate surface area is 175 Å². The number of benzene rings is 1. The summed E-state index contributed by atoms with van der Waals surface area (Å²) in [5.41, 5.74) is 2.09. The van der Waals surface area contributed by atoms with Crippen molar-refractivity contribution in [3.05, 3.63) is 59.9 Å². The first kappa shape index (κ1) is 20.0. The molecule has 1 aromatic carbocycles. The number of anilines is 1. The van der Waals surface area contributed by atoms with Gasteiger partial charge in [0, 0.05) is 51.5 Å². The van der Waals surface area contributed by atoms with Gasteiger partial charge in [-0.3, -0.25) is 24.3 Å². The van der Waals surface area contributed by atoms with Crippen molar-refractivity contribution in [1.29, 1.82) is 0 Å². The maximum absolute atomic E-state index is 12.7. The lowest BCUT2D eigenvalue weighted by Gasteiger charge is -2.35. The molecular formula is C22H25N5O3. The van der Waals surface area contributed by atoms with Crippen LogP contribution >= 0.6 is 0 Å². The average molecular weight is 407 g/mol. The highest BCUT2D eigenvalue weighted by Gasteiger charge is 2.29. The van der Waals surface area contributed by atoms with Crippen LogP contribution in [0.5, 0.6) is 0 Å². The molecule has 3 amide bonds. The number of pyridine rings is 1. The van der Waals surface area contributed by atoms with Gasteiger partial charge in [-0.05, 0) is 30.2 Å². The van der Waals surface area contributed by atoms with Gasteiger partial charge in [0.2, 0.25) is 11.8 Å². The third-order valence-corrected chi connectivity index (χ3v) is 5.55. The van der Waals surface area contributed by atoms with Crippen LogP contribution in [0.3, 0.4) is 0 Å². The Hall–Kier alpha value is -3.26. The van der Waals surface area contributed by atoms with E-state index in [-0.39, 0.29) is 30.6 Å². The van der Waals surface area contributed by atoms with Gasteiger partial charge in [0.1, 0.15) is 6.04 Å². The Bertz CT molecular complexity index is 925. The molecule has 2 aliphatic rings. The lowest BCUT2D eigenvalue weighted by molar-refractivity contribution is -0.133. The number of hydrogen-bond acceptors (Lipinski definition) is 5. The molecule has 1 aromatic heterocycles. The number of carbonyl (C=O) groups excluding carboxylic acids is 3. The van der Waals surface area contributed by atoms with E-state index in [4.69, 9.17) is 0 Å². The van der Waals surface area contributed by atoms with Crippen molar-refractivity contribution in [3.63, 3.8) is 0 Å². The summed E-state index contributed by atoms with van der Waals surface area (Å²) in [5, 5.41) is 5.52. The number of carbonyl (C=O) groups is 3. The van der Waals surface area contributed by atoms with Crippen LogP contribution in [0, 0.1) is 0 Å². The van der Waals surface area contributed by atoms with Crippen LogP contribution in [0.2, 0.25) is 0 Å². The van der Waals surface area contributed by atoms with Gasteiger partial charge in [0.15, 0.2) is 0 Å². The summed E-state index contributed by atoms with van der Waals surface area (Å²) >= 11 is 0. The molecule has 0 saturated carbocycles. The van der Waals surface area contributed by atoms with Gasteiger partial charge >= 0.3 is 0 Å². The van der Waals surface area contributed by atoms with E-state index < -0.39 is 6.04 Å². The van der Waals surface area contributed by atoms with Crippen molar-refractivity contribution in [2.75, 3.05) is 31.5 Å². The summed E-state index contributed by atoms with van der Waals surface area (Å²) in [5.74, 6) is -0.576. The molecule has 0 aliphatic carbocycles. The molecule has 0 radical (unpaired) electrons. The Kier molecular flexibility index (Phi) is 6.04. The van der Waals surface area contributed by atoms with Crippen LogP contribution in [0.4, 0.5) is 5.69 Å². The monoisotopic (exact) mass is 407 g/mol. The zero-order valence-corrected chi connectivity index (χ0v) is 16.7. The Balaban J connectivity index is 1.26. The standard InChI is InChI=1S/C22H25N5O3/c28-20(27-12-10-26(11-13-27)15-16-4-3-9-23-14-16)8-7-19-22(30)24-18-6-2-1-5-17(18)21(29)25-19/h1-6,9,14,19H,7-8,10-13,15H2,(H,24,30)(H,25,29). The molecule has 3 heterocycles. The van der Waals surface area contributed by atoms with Crippen molar-refractivity contribution in [1.82, 2.24) is 20.1 Å². The first-order valence-electron chi connectivity index (χ1n) is 10.2. The lowest BCUT2D eigenvalue weighted by Crippen LogP contribution is -2.49. The number of amides is 3. The van der Waals surface area contributed by atoms with E-state index in [1.807, 2.05) is 17.2 Å². The normalized spacial score (nSPS) is 19.5. The highest BCUT2D eigenvalue weighted by molar-refractivity contribution is 6.09. The quantitative estimate of drug-likeness (QED) is 0.778. The molecule has 156 valence electrons. The molecule has 8 nitrogen and oxygen atoms in total. The largest absolute Gasteiger partial charge is 0.340 e. The van der Waals surface area contributed by atoms with Crippen molar-refractivity contribution < 1.29 is 14.4 Å². The van der Waals surface area contributed by atoms with Crippen molar-refractivity contribution in [3.8, 4) is 0 Å². The SMILES string of the molecule is O=C1NC(CCC(=O)N2CCN(Cc3cccnc3)CC2)C(=O)Nc2ccccc21. The van der Waals surface area contributed by atoms with E-state index in [1.165, 1.54) is 0 Å². The zero-order valence-electron chi connectivity index (χ0n) is 16.7. The minimum absolute atomic E-state index is 0.0137. The fourth-order valence-corrected chi connectivity index (χ4v) is 3.85.